The van der Waals surface area contributed by atoms with E-state index in [-0.39, 0.29) is 12.3 Å². The Labute approximate surface area is 173 Å². The fourth-order valence-electron chi connectivity index (χ4n) is 2.63. The van der Waals surface area contributed by atoms with Gasteiger partial charge < -0.3 is 9.84 Å². The van der Waals surface area contributed by atoms with Gasteiger partial charge in [-0.3, -0.25) is 14.5 Å². The maximum Gasteiger partial charge on any atom is 0.303 e. The van der Waals surface area contributed by atoms with Gasteiger partial charge in [0.05, 0.1) is 4.91 Å². The smallest absolute Gasteiger partial charge is 0.303 e. The number of ether oxygens (including phenoxy) is 1. The lowest BCUT2D eigenvalue weighted by Crippen LogP contribution is -2.29. The number of hydrogen-bond donors (Lipinski definition) is 1. The first-order chi connectivity index (χ1) is 13.5. The van der Waals surface area contributed by atoms with Crippen LogP contribution in [0.2, 0.25) is 0 Å². The van der Waals surface area contributed by atoms with E-state index < -0.39 is 5.97 Å². The first-order valence-corrected chi connectivity index (χ1v) is 9.99. The van der Waals surface area contributed by atoms with Crippen molar-refractivity contribution >= 4 is 46.3 Å². The summed E-state index contributed by atoms with van der Waals surface area (Å²) in [5.41, 5.74) is 1.97. The third-order valence-corrected chi connectivity index (χ3v) is 5.45. The lowest BCUT2D eigenvalue weighted by atomic mass is 10.2. The molecule has 2 aromatic carbocycles. The van der Waals surface area contributed by atoms with Gasteiger partial charge in [0.1, 0.15) is 16.7 Å². The fourth-order valence-corrected chi connectivity index (χ4v) is 3.94. The van der Waals surface area contributed by atoms with Gasteiger partial charge in [0, 0.05) is 13.0 Å². The van der Waals surface area contributed by atoms with Crippen molar-refractivity contribution in [3.63, 3.8) is 0 Å². The number of thiocarbonyl (C=S) groups is 1. The molecule has 2 aromatic rings. The topological polar surface area (TPSA) is 66.8 Å². The molecule has 0 radical (unpaired) electrons. The standard InChI is InChI=1S/C21H19NO4S2/c23-19(24)7-4-12-22-20(25)18(28-21(22)27)13-15-8-10-17(11-9-15)26-14-16-5-2-1-3-6-16/h1-3,5-6,8-11,13H,4,7,12,14H2,(H,23,24). The number of amides is 1. The highest BCUT2D eigenvalue weighted by molar-refractivity contribution is 8.26. The second-order valence-electron chi connectivity index (χ2n) is 6.17. The number of carboxylic acids is 1. The normalized spacial score (nSPS) is 15.3. The van der Waals surface area contributed by atoms with Crippen LogP contribution in [0.1, 0.15) is 24.0 Å². The summed E-state index contributed by atoms with van der Waals surface area (Å²) in [6, 6.07) is 17.4. The predicted octanol–water partition coefficient (Wildman–Crippen LogP) is 4.33. The minimum absolute atomic E-state index is 0.0144. The van der Waals surface area contributed by atoms with Crippen LogP contribution in [0.4, 0.5) is 0 Å². The fraction of sp³-hybridized carbons (Fsp3) is 0.190. The van der Waals surface area contributed by atoms with Gasteiger partial charge in [0.15, 0.2) is 0 Å². The van der Waals surface area contributed by atoms with Gasteiger partial charge in [0.2, 0.25) is 0 Å². The van der Waals surface area contributed by atoms with Crippen LogP contribution < -0.4 is 4.74 Å². The maximum absolute atomic E-state index is 12.5. The summed E-state index contributed by atoms with van der Waals surface area (Å²) >= 11 is 6.49. The van der Waals surface area contributed by atoms with E-state index in [1.165, 1.54) is 16.7 Å². The molecule has 1 saturated heterocycles. The van der Waals surface area contributed by atoms with Gasteiger partial charge in [-0.15, -0.1) is 0 Å². The molecule has 1 aliphatic rings. The third-order valence-electron chi connectivity index (χ3n) is 4.07. The Bertz CT molecular complexity index is 894. The molecule has 1 amide bonds. The highest BCUT2D eigenvalue weighted by Crippen LogP contribution is 2.33. The molecule has 0 saturated carbocycles. The first kappa shape index (κ1) is 20.1. The maximum atomic E-state index is 12.5. The molecule has 0 bridgehead atoms. The molecule has 0 atom stereocenters. The van der Waals surface area contributed by atoms with Crippen molar-refractivity contribution in [2.45, 2.75) is 19.4 Å². The molecule has 1 fully saturated rings. The number of hydrogen-bond acceptors (Lipinski definition) is 5. The second-order valence-corrected chi connectivity index (χ2v) is 7.85. The van der Waals surface area contributed by atoms with E-state index in [9.17, 15) is 9.59 Å². The van der Waals surface area contributed by atoms with Gasteiger partial charge >= 0.3 is 5.97 Å². The lowest BCUT2D eigenvalue weighted by Gasteiger charge is -2.13. The van der Waals surface area contributed by atoms with Gasteiger partial charge in [-0.25, -0.2) is 0 Å². The Morgan fingerprint density at radius 3 is 2.54 bits per heavy atom. The highest BCUT2D eigenvalue weighted by atomic mass is 32.2. The minimum Gasteiger partial charge on any atom is -0.489 e. The van der Waals surface area contributed by atoms with E-state index in [4.69, 9.17) is 22.1 Å². The molecule has 7 heteroatoms. The summed E-state index contributed by atoms with van der Waals surface area (Å²) in [6.45, 7) is 0.815. The van der Waals surface area contributed by atoms with Crippen molar-refractivity contribution in [2.75, 3.05) is 6.54 Å². The van der Waals surface area contributed by atoms with Gasteiger partial charge in [-0.05, 0) is 35.8 Å². The number of carbonyl (C=O) groups is 2. The lowest BCUT2D eigenvalue weighted by molar-refractivity contribution is -0.137. The number of carbonyl (C=O) groups excluding carboxylic acids is 1. The third kappa shape index (κ3) is 5.43. The number of carboxylic acid groups (broad SMARTS) is 1. The second kappa shape index (κ2) is 9.52. The SMILES string of the molecule is O=C(O)CCCN1C(=O)C(=Cc2ccc(OCc3ccccc3)cc2)SC1=S. The Morgan fingerprint density at radius 2 is 1.86 bits per heavy atom. The highest BCUT2D eigenvalue weighted by Gasteiger charge is 2.31. The zero-order chi connectivity index (χ0) is 19.9. The van der Waals surface area contributed by atoms with Crippen molar-refractivity contribution in [2.24, 2.45) is 0 Å². The molecule has 0 unspecified atom stereocenters. The monoisotopic (exact) mass is 413 g/mol. The van der Waals surface area contributed by atoms with Crippen LogP contribution in [0.25, 0.3) is 6.08 Å². The molecule has 3 rings (SSSR count). The number of nitrogens with zero attached hydrogens (tertiary/aromatic N) is 1. The summed E-state index contributed by atoms with van der Waals surface area (Å²) in [5, 5.41) is 8.73. The zero-order valence-electron chi connectivity index (χ0n) is 15.0. The summed E-state index contributed by atoms with van der Waals surface area (Å²) in [5.74, 6) is -0.303. The molecular weight excluding hydrogens is 394 g/mol. The molecule has 0 aromatic heterocycles. The van der Waals surface area contributed by atoms with E-state index in [0.717, 1.165) is 16.9 Å². The largest absolute Gasteiger partial charge is 0.489 e. The van der Waals surface area contributed by atoms with Crippen LogP contribution in [0.15, 0.2) is 59.5 Å². The van der Waals surface area contributed by atoms with E-state index in [2.05, 4.69) is 0 Å². The van der Waals surface area contributed by atoms with Crippen molar-refractivity contribution < 1.29 is 19.4 Å². The molecule has 1 heterocycles. The van der Waals surface area contributed by atoms with Gasteiger partial charge in [0.25, 0.3) is 5.91 Å². The Hall–Kier alpha value is -2.64. The van der Waals surface area contributed by atoms with E-state index in [1.807, 2.05) is 54.6 Å². The molecule has 28 heavy (non-hydrogen) atoms. The predicted molar refractivity (Wildman–Crippen MR) is 114 cm³/mol. The van der Waals surface area contributed by atoms with E-state index in [0.29, 0.717) is 28.8 Å². The summed E-state index contributed by atoms with van der Waals surface area (Å²) in [7, 11) is 0. The Balaban J connectivity index is 1.59. The molecular formula is C21H19NO4S2. The molecule has 0 aliphatic carbocycles. The number of aliphatic carboxylic acids is 1. The van der Waals surface area contributed by atoms with Crippen LogP contribution in [-0.4, -0.2) is 32.7 Å². The Morgan fingerprint density at radius 1 is 1.14 bits per heavy atom. The van der Waals surface area contributed by atoms with Crippen molar-refractivity contribution in [1.82, 2.24) is 4.90 Å². The average Bonchev–Trinajstić information content (AvgIpc) is 2.95. The van der Waals surface area contributed by atoms with Crippen LogP contribution in [0.3, 0.4) is 0 Å². The molecule has 5 nitrogen and oxygen atoms in total. The number of thioether (sulfide) groups is 1. The van der Waals surface area contributed by atoms with Gasteiger partial charge in [-0.1, -0.05) is 66.4 Å². The number of benzene rings is 2. The van der Waals surface area contributed by atoms with Crippen molar-refractivity contribution in [3.8, 4) is 5.75 Å². The van der Waals surface area contributed by atoms with Gasteiger partial charge in [-0.2, -0.15) is 0 Å². The van der Waals surface area contributed by atoms with Crippen molar-refractivity contribution in [3.05, 3.63) is 70.6 Å². The summed E-state index contributed by atoms with van der Waals surface area (Å²) in [6.07, 6.45) is 2.18. The van der Waals surface area contributed by atoms with Crippen LogP contribution >= 0.6 is 24.0 Å². The Kier molecular flexibility index (Phi) is 6.84. The van der Waals surface area contributed by atoms with Crippen molar-refractivity contribution in [1.29, 1.82) is 0 Å². The molecule has 1 N–H and O–H groups in total. The molecule has 0 spiro atoms. The molecule has 144 valence electrons. The van der Waals surface area contributed by atoms with Crippen LogP contribution in [-0.2, 0) is 16.2 Å². The summed E-state index contributed by atoms with van der Waals surface area (Å²) < 4.78 is 6.23. The quantitative estimate of drug-likeness (QED) is 0.513. The first-order valence-electron chi connectivity index (χ1n) is 8.77. The van der Waals surface area contributed by atoms with Crippen LogP contribution in [0.5, 0.6) is 5.75 Å². The van der Waals surface area contributed by atoms with Crippen LogP contribution in [0, 0.1) is 0 Å². The van der Waals surface area contributed by atoms with E-state index >= 15 is 0 Å². The average molecular weight is 414 g/mol. The zero-order valence-corrected chi connectivity index (χ0v) is 16.7. The minimum atomic E-state index is -0.879. The van der Waals surface area contributed by atoms with E-state index in [1.54, 1.807) is 6.08 Å². The number of rotatable bonds is 8. The summed E-state index contributed by atoms with van der Waals surface area (Å²) in [4.78, 5) is 25.1. The molecule has 1 aliphatic heterocycles.